The minimum atomic E-state index is 0.570. The maximum absolute atomic E-state index is 8.97. The second-order valence-corrected chi connectivity index (χ2v) is 7.07. The summed E-state index contributed by atoms with van der Waals surface area (Å²) in [5, 5.41) is 15.9. The first-order valence-electron chi connectivity index (χ1n) is 8.55. The van der Waals surface area contributed by atoms with Crippen molar-refractivity contribution in [1.82, 2.24) is 4.68 Å². The largest absolute Gasteiger partial charge is 0.253 e. The number of hydrogen-bond donors (Lipinski definition) is 0. The molecule has 4 nitrogen and oxygen atoms in total. The van der Waals surface area contributed by atoms with Crippen LogP contribution in [0.4, 0.5) is 0 Å². The normalized spacial score (nSPS) is 12.0. The fraction of sp³-hybridized carbons (Fsp3) is 0.136. The van der Waals surface area contributed by atoms with Gasteiger partial charge >= 0.3 is 0 Å². The molecule has 3 rings (SSSR count). The minimum Gasteiger partial charge on any atom is -0.253 e. The van der Waals surface area contributed by atoms with Gasteiger partial charge in [0.25, 0.3) is 0 Å². The number of aromatic nitrogens is 1. The van der Waals surface area contributed by atoms with Gasteiger partial charge in [-0.2, -0.15) is 10.4 Å². The average Bonchev–Trinajstić information content (AvgIpc) is 3.09. The Bertz CT molecular complexity index is 1080. The van der Waals surface area contributed by atoms with Crippen LogP contribution in [0, 0.1) is 11.3 Å². The van der Waals surface area contributed by atoms with E-state index < -0.39 is 0 Å². The summed E-state index contributed by atoms with van der Waals surface area (Å²) in [4.78, 5) is 5.48. The van der Waals surface area contributed by atoms with Gasteiger partial charge in [-0.05, 0) is 31.5 Å². The standard InChI is InChI=1S/C22H20N4S/c1-16(2)14-24-22-26(21(15-27-22)20-7-5-4-6-8-20)25-17(3)19-11-9-18(13-23)10-12-19/h4-12,15H,1,14H2,2-3H3. The second-order valence-electron chi connectivity index (χ2n) is 6.23. The molecular weight excluding hydrogens is 352 g/mol. The van der Waals surface area contributed by atoms with E-state index in [2.05, 4.69) is 35.2 Å². The summed E-state index contributed by atoms with van der Waals surface area (Å²) in [5.41, 5.74) is 5.54. The van der Waals surface area contributed by atoms with E-state index in [1.807, 2.05) is 48.9 Å². The van der Waals surface area contributed by atoms with Crippen LogP contribution in [-0.4, -0.2) is 16.9 Å². The van der Waals surface area contributed by atoms with E-state index in [1.165, 1.54) is 0 Å². The van der Waals surface area contributed by atoms with E-state index in [4.69, 9.17) is 10.4 Å². The van der Waals surface area contributed by atoms with Crippen molar-refractivity contribution in [3.8, 4) is 17.3 Å². The Morgan fingerprint density at radius 3 is 2.44 bits per heavy atom. The Kier molecular flexibility index (Phi) is 5.80. The molecule has 1 heterocycles. The lowest BCUT2D eigenvalue weighted by Crippen LogP contribution is -2.15. The summed E-state index contributed by atoms with van der Waals surface area (Å²) in [6.07, 6.45) is 0. The smallest absolute Gasteiger partial charge is 0.206 e. The van der Waals surface area contributed by atoms with Gasteiger partial charge < -0.3 is 0 Å². The van der Waals surface area contributed by atoms with Crippen LogP contribution in [0.3, 0.4) is 0 Å². The summed E-state index contributed by atoms with van der Waals surface area (Å²) >= 11 is 1.56. The molecule has 134 valence electrons. The number of benzene rings is 2. The van der Waals surface area contributed by atoms with E-state index in [0.717, 1.165) is 32.9 Å². The first-order chi connectivity index (χ1) is 13.1. The summed E-state index contributed by atoms with van der Waals surface area (Å²) in [6, 6.07) is 19.7. The van der Waals surface area contributed by atoms with Crippen molar-refractivity contribution in [2.24, 2.45) is 10.1 Å². The van der Waals surface area contributed by atoms with E-state index in [0.29, 0.717) is 12.1 Å². The molecule has 0 amide bonds. The number of rotatable bonds is 5. The third-order valence-corrected chi connectivity index (χ3v) is 4.77. The van der Waals surface area contributed by atoms with Crippen molar-refractivity contribution in [2.45, 2.75) is 13.8 Å². The SMILES string of the molecule is C=C(C)CN=c1scc(-c2ccccc2)n1N=C(C)c1ccc(C#N)cc1. The number of nitriles is 1. The molecule has 0 N–H and O–H groups in total. The molecular formula is C22H20N4S. The van der Waals surface area contributed by atoms with Gasteiger partial charge in [0.1, 0.15) is 0 Å². The Balaban J connectivity index is 2.10. The Labute approximate surface area is 163 Å². The first kappa shape index (κ1) is 18.6. The van der Waals surface area contributed by atoms with Crippen molar-refractivity contribution < 1.29 is 0 Å². The molecule has 27 heavy (non-hydrogen) atoms. The van der Waals surface area contributed by atoms with E-state index in [1.54, 1.807) is 23.5 Å². The molecule has 2 aromatic carbocycles. The summed E-state index contributed by atoms with van der Waals surface area (Å²) in [7, 11) is 0. The van der Waals surface area contributed by atoms with Gasteiger partial charge in [-0.3, -0.25) is 4.99 Å². The van der Waals surface area contributed by atoms with Crippen molar-refractivity contribution >= 4 is 17.0 Å². The molecule has 0 aliphatic heterocycles. The van der Waals surface area contributed by atoms with E-state index in [-0.39, 0.29) is 0 Å². The molecule has 5 heteroatoms. The summed E-state index contributed by atoms with van der Waals surface area (Å²) in [6.45, 7) is 8.42. The highest BCUT2D eigenvalue weighted by Crippen LogP contribution is 2.20. The molecule has 0 aliphatic rings. The van der Waals surface area contributed by atoms with E-state index >= 15 is 0 Å². The zero-order chi connectivity index (χ0) is 19.2. The van der Waals surface area contributed by atoms with Crippen LogP contribution in [0.5, 0.6) is 0 Å². The zero-order valence-electron chi connectivity index (χ0n) is 15.4. The molecule has 0 saturated carbocycles. The molecule has 0 atom stereocenters. The quantitative estimate of drug-likeness (QED) is 0.467. The van der Waals surface area contributed by atoms with Crippen molar-refractivity contribution in [1.29, 1.82) is 5.26 Å². The Morgan fingerprint density at radius 1 is 1.11 bits per heavy atom. The number of nitrogens with zero attached hydrogens (tertiary/aromatic N) is 4. The zero-order valence-corrected chi connectivity index (χ0v) is 16.2. The Hall–Kier alpha value is -3.23. The van der Waals surface area contributed by atoms with Crippen LogP contribution in [0.25, 0.3) is 11.3 Å². The molecule has 0 radical (unpaired) electrons. The lowest BCUT2D eigenvalue weighted by molar-refractivity contribution is 0.830. The van der Waals surface area contributed by atoms with Gasteiger partial charge in [0.2, 0.25) is 4.80 Å². The predicted octanol–water partition coefficient (Wildman–Crippen LogP) is 4.84. The number of hydrogen-bond acceptors (Lipinski definition) is 4. The third-order valence-electron chi connectivity index (χ3n) is 3.92. The van der Waals surface area contributed by atoms with Crippen LogP contribution in [0.15, 0.2) is 82.2 Å². The van der Waals surface area contributed by atoms with Crippen molar-refractivity contribution in [3.05, 3.63) is 88.1 Å². The van der Waals surface area contributed by atoms with Crippen molar-refractivity contribution in [3.63, 3.8) is 0 Å². The highest BCUT2D eigenvalue weighted by molar-refractivity contribution is 7.07. The maximum Gasteiger partial charge on any atom is 0.206 e. The van der Waals surface area contributed by atoms with Crippen LogP contribution in [0.2, 0.25) is 0 Å². The average molecular weight is 372 g/mol. The fourth-order valence-corrected chi connectivity index (χ4v) is 3.34. The van der Waals surface area contributed by atoms with Gasteiger partial charge in [0, 0.05) is 10.9 Å². The molecule has 0 unspecified atom stereocenters. The molecule has 0 aliphatic carbocycles. The Morgan fingerprint density at radius 2 is 1.81 bits per heavy atom. The monoisotopic (exact) mass is 372 g/mol. The summed E-state index contributed by atoms with van der Waals surface area (Å²) < 4.78 is 1.89. The fourth-order valence-electron chi connectivity index (χ4n) is 2.51. The first-order valence-corrected chi connectivity index (χ1v) is 9.43. The third kappa shape index (κ3) is 4.49. The predicted molar refractivity (Wildman–Crippen MR) is 112 cm³/mol. The van der Waals surface area contributed by atoms with Crippen molar-refractivity contribution in [2.75, 3.05) is 6.54 Å². The lowest BCUT2D eigenvalue weighted by Gasteiger charge is -2.06. The maximum atomic E-state index is 8.97. The molecule has 0 saturated heterocycles. The van der Waals surface area contributed by atoms with Crippen LogP contribution < -0.4 is 4.80 Å². The molecule has 0 spiro atoms. The minimum absolute atomic E-state index is 0.570. The van der Waals surface area contributed by atoms with Gasteiger partial charge in [-0.15, -0.1) is 11.3 Å². The van der Waals surface area contributed by atoms with Crippen LogP contribution >= 0.6 is 11.3 Å². The molecule has 0 fully saturated rings. The van der Waals surface area contributed by atoms with Crippen LogP contribution in [0.1, 0.15) is 25.0 Å². The van der Waals surface area contributed by atoms with Gasteiger partial charge in [0.05, 0.1) is 29.6 Å². The highest BCUT2D eigenvalue weighted by Gasteiger charge is 2.08. The van der Waals surface area contributed by atoms with Gasteiger partial charge in [-0.25, -0.2) is 4.68 Å². The molecule has 0 bridgehead atoms. The number of thiazole rings is 1. The van der Waals surface area contributed by atoms with Gasteiger partial charge in [0.15, 0.2) is 0 Å². The van der Waals surface area contributed by atoms with Gasteiger partial charge in [-0.1, -0.05) is 54.6 Å². The lowest BCUT2D eigenvalue weighted by atomic mass is 10.1. The second kappa shape index (κ2) is 8.43. The molecule has 3 aromatic rings. The molecule has 1 aromatic heterocycles. The topological polar surface area (TPSA) is 53.4 Å². The van der Waals surface area contributed by atoms with Crippen LogP contribution in [-0.2, 0) is 0 Å². The summed E-state index contributed by atoms with van der Waals surface area (Å²) in [5.74, 6) is 0. The highest BCUT2D eigenvalue weighted by atomic mass is 32.1. The van der Waals surface area contributed by atoms with E-state index in [9.17, 15) is 0 Å².